The fraction of sp³-hybridized carbons (Fsp3) is 0.632. The van der Waals surface area contributed by atoms with Gasteiger partial charge in [0.25, 0.3) is 0 Å². The molecule has 0 aliphatic carbocycles. The van der Waals surface area contributed by atoms with Crippen molar-refractivity contribution in [2.24, 2.45) is 4.99 Å². The van der Waals surface area contributed by atoms with Crippen LogP contribution in [0.5, 0.6) is 0 Å². The SMILES string of the molecule is CN=C(NCCCOCC(F)(F)F)NC1CCN(Cc2ccc(C(F)(F)F)cc2)C1.I. The van der Waals surface area contributed by atoms with Crippen LogP contribution >= 0.6 is 24.0 Å². The maximum atomic E-state index is 12.6. The first-order chi connectivity index (χ1) is 14.1. The van der Waals surface area contributed by atoms with Gasteiger partial charge in [0.15, 0.2) is 5.96 Å². The van der Waals surface area contributed by atoms with Gasteiger partial charge in [-0.25, -0.2) is 0 Å². The van der Waals surface area contributed by atoms with E-state index < -0.39 is 24.5 Å². The number of rotatable bonds is 8. The predicted molar refractivity (Wildman–Crippen MR) is 117 cm³/mol. The molecule has 1 heterocycles. The van der Waals surface area contributed by atoms with Crippen LogP contribution in [0.2, 0.25) is 0 Å². The number of alkyl halides is 6. The number of hydrogen-bond donors (Lipinski definition) is 2. The molecule has 1 atom stereocenters. The Bertz CT molecular complexity index is 681. The fourth-order valence-electron chi connectivity index (χ4n) is 3.11. The van der Waals surface area contributed by atoms with Gasteiger partial charge in [-0.05, 0) is 30.5 Å². The molecule has 2 rings (SSSR count). The molecule has 0 radical (unpaired) electrons. The van der Waals surface area contributed by atoms with E-state index in [2.05, 4.69) is 25.3 Å². The topological polar surface area (TPSA) is 48.9 Å². The third-order valence-corrected chi connectivity index (χ3v) is 4.55. The smallest absolute Gasteiger partial charge is 0.372 e. The zero-order valence-corrected chi connectivity index (χ0v) is 19.4. The number of halogens is 7. The number of ether oxygens (including phenoxy) is 1. The van der Waals surface area contributed by atoms with Crippen LogP contribution in [0.3, 0.4) is 0 Å². The average molecular weight is 568 g/mol. The first-order valence-corrected chi connectivity index (χ1v) is 9.57. The molecule has 1 aromatic rings. The second kappa shape index (κ2) is 12.7. The largest absolute Gasteiger partial charge is 0.416 e. The summed E-state index contributed by atoms with van der Waals surface area (Å²) in [6, 6.07) is 5.28. The molecule has 31 heavy (non-hydrogen) atoms. The Kier molecular flexibility index (Phi) is 11.4. The molecule has 2 N–H and O–H groups in total. The molecule has 1 unspecified atom stereocenters. The molecule has 1 aliphatic heterocycles. The van der Waals surface area contributed by atoms with E-state index in [1.165, 1.54) is 12.1 Å². The first kappa shape index (κ1) is 27.8. The van der Waals surface area contributed by atoms with Gasteiger partial charge in [0.05, 0.1) is 5.56 Å². The molecule has 0 aromatic heterocycles. The minimum atomic E-state index is -4.34. The molecule has 1 aromatic carbocycles. The minimum absolute atomic E-state index is 0. The molecule has 0 bridgehead atoms. The second-order valence-corrected chi connectivity index (χ2v) is 7.08. The number of nitrogens with one attached hydrogen (secondary N) is 2. The van der Waals surface area contributed by atoms with Crippen LogP contribution in [0.15, 0.2) is 29.3 Å². The molecule has 1 aliphatic rings. The van der Waals surface area contributed by atoms with Crippen LogP contribution in [0.1, 0.15) is 24.0 Å². The van der Waals surface area contributed by atoms with E-state index in [-0.39, 0.29) is 36.6 Å². The Morgan fingerprint density at radius 2 is 1.84 bits per heavy atom. The number of likely N-dealkylation sites (tertiary alicyclic amines) is 1. The fourth-order valence-corrected chi connectivity index (χ4v) is 3.11. The zero-order valence-electron chi connectivity index (χ0n) is 17.0. The van der Waals surface area contributed by atoms with E-state index in [9.17, 15) is 26.3 Å². The van der Waals surface area contributed by atoms with Gasteiger partial charge in [0, 0.05) is 45.9 Å². The van der Waals surface area contributed by atoms with Crippen molar-refractivity contribution in [1.82, 2.24) is 15.5 Å². The monoisotopic (exact) mass is 568 g/mol. The van der Waals surface area contributed by atoms with Crippen LogP contribution in [0.25, 0.3) is 0 Å². The van der Waals surface area contributed by atoms with Crippen LogP contribution in [-0.2, 0) is 17.5 Å². The van der Waals surface area contributed by atoms with Crippen molar-refractivity contribution in [3.8, 4) is 0 Å². The maximum Gasteiger partial charge on any atom is 0.416 e. The molecular formula is C19H27F6IN4O. The number of nitrogens with zero attached hydrogens (tertiary/aromatic N) is 2. The predicted octanol–water partition coefficient (Wildman–Crippen LogP) is 4.03. The van der Waals surface area contributed by atoms with Crippen molar-refractivity contribution in [3.63, 3.8) is 0 Å². The third kappa shape index (κ3) is 10.7. The lowest BCUT2D eigenvalue weighted by molar-refractivity contribution is -0.173. The molecule has 0 saturated carbocycles. The molecule has 5 nitrogen and oxygen atoms in total. The highest BCUT2D eigenvalue weighted by Crippen LogP contribution is 2.29. The Morgan fingerprint density at radius 1 is 1.16 bits per heavy atom. The summed E-state index contributed by atoms with van der Waals surface area (Å²) in [5.74, 6) is 0.548. The molecule has 0 spiro atoms. The summed E-state index contributed by atoms with van der Waals surface area (Å²) in [6.07, 6.45) is -7.41. The molecule has 0 amide bonds. The lowest BCUT2D eigenvalue weighted by atomic mass is 10.1. The lowest BCUT2D eigenvalue weighted by Crippen LogP contribution is -2.45. The summed E-state index contributed by atoms with van der Waals surface area (Å²) in [7, 11) is 1.60. The number of hydrogen-bond acceptors (Lipinski definition) is 3. The van der Waals surface area contributed by atoms with Gasteiger partial charge in [-0.1, -0.05) is 12.1 Å². The summed E-state index contributed by atoms with van der Waals surface area (Å²) in [6.45, 7) is 1.21. The van der Waals surface area contributed by atoms with Gasteiger partial charge in [0.1, 0.15) is 6.61 Å². The molecular weight excluding hydrogens is 541 g/mol. The van der Waals surface area contributed by atoms with Crippen LogP contribution in [-0.4, -0.2) is 63.0 Å². The molecule has 178 valence electrons. The summed E-state index contributed by atoms with van der Waals surface area (Å²) >= 11 is 0. The number of guanidine groups is 1. The first-order valence-electron chi connectivity index (χ1n) is 9.57. The van der Waals surface area contributed by atoms with Crippen molar-refractivity contribution in [1.29, 1.82) is 0 Å². The number of aliphatic imine (C=N–C) groups is 1. The second-order valence-electron chi connectivity index (χ2n) is 7.08. The van der Waals surface area contributed by atoms with Gasteiger partial charge in [-0.3, -0.25) is 9.89 Å². The molecule has 1 fully saturated rings. The summed E-state index contributed by atoms with van der Waals surface area (Å²) in [5.41, 5.74) is 0.149. The van der Waals surface area contributed by atoms with Gasteiger partial charge in [0.2, 0.25) is 0 Å². The van der Waals surface area contributed by atoms with Crippen molar-refractivity contribution in [3.05, 3.63) is 35.4 Å². The highest BCUT2D eigenvalue weighted by molar-refractivity contribution is 14.0. The Balaban J connectivity index is 0.00000480. The summed E-state index contributed by atoms with van der Waals surface area (Å²) < 4.78 is 78.4. The van der Waals surface area contributed by atoms with Gasteiger partial charge < -0.3 is 15.4 Å². The van der Waals surface area contributed by atoms with Gasteiger partial charge >= 0.3 is 12.4 Å². The normalized spacial score (nSPS) is 18.0. The van der Waals surface area contributed by atoms with Crippen molar-refractivity contribution < 1.29 is 31.1 Å². The lowest BCUT2D eigenvalue weighted by Gasteiger charge is -2.19. The summed E-state index contributed by atoms with van der Waals surface area (Å²) in [4.78, 5) is 6.24. The van der Waals surface area contributed by atoms with Crippen LogP contribution in [0.4, 0.5) is 26.3 Å². The van der Waals surface area contributed by atoms with E-state index in [1.54, 1.807) is 7.05 Å². The van der Waals surface area contributed by atoms with E-state index in [4.69, 9.17) is 0 Å². The highest BCUT2D eigenvalue weighted by Gasteiger charge is 2.30. The Labute approximate surface area is 194 Å². The Morgan fingerprint density at radius 3 is 2.42 bits per heavy atom. The van der Waals surface area contributed by atoms with Crippen LogP contribution < -0.4 is 10.6 Å². The molecule has 12 heteroatoms. The van der Waals surface area contributed by atoms with E-state index in [0.29, 0.717) is 32.0 Å². The standard InChI is InChI=1S/C19H26F6N4O.HI/c1-26-17(27-8-2-10-30-13-18(20,21)22)28-16-7-9-29(12-16)11-14-3-5-15(6-4-14)19(23,24)25;/h3-6,16H,2,7-13H2,1H3,(H2,26,27,28);1H. The number of benzene rings is 1. The average Bonchev–Trinajstić information content (AvgIpc) is 3.09. The minimum Gasteiger partial charge on any atom is -0.372 e. The summed E-state index contributed by atoms with van der Waals surface area (Å²) in [5, 5.41) is 6.28. The quantitative estimate of drug-likeness (QED) is 0.164. The van der Waals surface area contributed by atoms with E-state index in [1.807, 2.05) is 0 Å². The van der Waals surface area contributed by atoms with Gasteiger partial charge in [-0.2, -0.15) is 26.3 Å². The van der Waals surface area contributed by atoms with Gasteiger partial charge in [-0.15, -0.1) is 24.0 Å². The van der Waals surface area contributed by atoms with Crippen molar-refractivity contribution in [2.45, 2.75) is 37.8 Å². The van der Waals surface area contributed by atoms with Crippen molar-refractivity contribution in [2.75, 3.05) is 39.9 Å². The zero-order chi connectivity index (χ0) is 22.2. The third-order valence-electron chi connectivity index (χ3n) is 4.55. The van der Waals surface area contributed by atoms with Crippen LogP contribution in [0, 0.1) is 0 Å². The van der Waals surface area contributed by atoms with Crippen molar-refractivity contribution >= 4 is 29.9 Å². The Hall–Kier alpha value is -1.28. The van der Waals surface area contributed by atoms with E-state index in [0.717, 1.165) is 30.7 Å². The van der Waals surface area contributed by atoms with E-state index >= 15 is 0 Å². The highest BCUT2D eigenvalue weighted by atomic mass is 127. The maximum absolute atomic E-state index is 12.6. The molecule has 1 saturated heterocycles.